The summed E-state index contributed by atoms with van der Waals surface area (Å²) in [6.45, 7) is -0.0582. The van der Waals surface area contributed by atoms with E-state index in [-0.39, 0.29) is 24.1 Å². The zero-order valence-electron chi connectivity index (χ0n) is 12.0. The van der Waals surface area contributed by atoms with Gasteiger partial charge >= 0.3 is 6.18 Å². The largest absolute Gasteiger partial charge is 0.417 e. The molecule has 2 rings (SSSR count). The number of nitrogens with one attached hydrogen (secondary N) is 1. The maximum atomic E-state index is 13.2. The lowest BCUT2D eigenvalue weighted by atomic mass is 10.0. The van der Waals surface area contributed by atoms with Gasteiger partial charge < -0.3 is 10.4 Å². The van der Waals surface area contributed by atoms with Crippen LogP contribution in [0.1, 0.15) is 12.0 Å². The molecule has 0 saturated heterocycles. The fraction of sp³-hybridized carbons (Fsp3) is 0.312. The Hall–Kier alpha value is -1.79. The lowest BCUT2D eigenvalue weighted by Crippen LogP contribution is -2.32. The average Bonchev–Trinajstić information content (AvgIpc) is 2.92. The number of aliphatic hydroxyl groups excluding tert-OH is 1. The van der Waals surface area contributed by atoms with Gasteiger partial charge in [-0.3, -0.25) is 4.79 Å². The lowest BCUT2D eigenvalue weighted by Gasteiger charge is -2.14. The number of carbonyl (C=O) groups excluding carboxylic acids is 1. The van der Waals surface area contributed by atoms with E-state index in [9.17, 15) is 18.0 Å². The molecule has 7 heteroatoms. The molecule has 2 N–H and O–H groups in total. The van der Waals surface area contributed by atoms with Gasteiger partial charge in [0.25, 0.3) is 0 Å². The fourth-order valence-electron chi connectivity index (χ4n) is 2.33. The molecule has 1 aromatic rings. The van der Waals surface area contributed by atoms with Crippen LogP contribution in [0, 0.1) is 5.92 Å². The zero-order valence-corrected chi connectivity index (χ0v) is 12.7. The summed E-state index contributed by atoms with van der Waals surface area (Å²) in [5.41, 5.74) is -1.17. The van der Waals surface area contributed by atoms with Gasteiger partial charge in [0.2, 0.25) is 5.91 Å². The number of hydrogen-bond acceptors (Lipinski definition) is 2. The van der Waals surface area contributed by atoms with Gasteiger partial charge in [0.05, 0.1) is 5.57 Å². The van der Waals surface area contributed by atoms with E-state index >= 15 is 0 Å². The molecular weight excluding hydrogens is 331 g/mol. The van der Waals surface area contributed by atoms with Crippen LogP contribution in [0.4, 0.5) is 13.2 Å². The maximum absolute atomic E-state index is 13.2. The van der Waals surface area contributed by atoms with Gasteiger partial charge in [-0.05, 0) is 24.1 Å². The predicted octanol–water partition coefficient (Wildman–Crippen LogP) is 3.34. The molecule has 1 aliphatic rings. The van der Waals surface area contributed by atoms with Gasteiger partial charge in [0.1, 0.15) is 0 Å². The van der Waals surface area contributed by atoms with Crippen LogP contribution in [0.15, 0.2) is 42.5 Å². The highest BCUT2D eigenvalue weighted by Gasteiger charge is 2.35. The maximum Gasteiger partial charge on any atom is 0.417 e. The quantitative estimate of drug-likeness (QED) is 0.649. The van der Waals surface area contributed by atoms with Crippen molar-refractivity contribution < 1.29 is 23.1 Å². The van der Waals surface area contributed by atoms with Crippen molar-refractivity contribution in [3.05, 3.63) is 53.1 Å². The number of rotatable bonds is 4. The van der Waals surface area contributed by atoms with E-state index in [0.717, 1.165) is 0 Å². The van der Waals surface area contributed by atoms with Crippen LogP contribution in [0.2, 0.25) is 5.02 Å². The molecule has 3 nitrogen and oxygen atoms in total. The van der Waals surface area contributed by atoms with Crippen molar-refractivity contribution in [1.29, 1.82) is 0 Å². The summed E-state index contributed by atoms with van der Waals surface area (Å²) in [5.74, 6) is -0.914. The first-order valence-corrected chi connectivity index (χ1v) is 7.32. The Morgan fingerprint density at radius 2 is 1.96 bits per heavy atom. The molecule has 2 atom stereocenters. The van der Waals surface area contributed by atoms with Crippen LogP contribution < -0.4 is 5.32 Å². The fourth-order valence-corrected chi connectivity index (χ4v) is 2.46. The lowest BCUT2D eigenvalue weighted by molar-refractivity contribution is -0.117. The monoisotopic (exact) mass is 345 g/mol. The molecule has 23 heavy (non-hydrogen) atoms. The van der Waals surface area contributed by atoms with Gasteiger partial charge in [-0.1, -0.05) is 35.9 Å². The second-order valence-electron chi connectivity index (χ2n) is 5.24. The third-order valence-electron chi connectivity index (χ3n) is 3.47. The molecule has 0 heterocycles. The summed E-state index contributed by atoms with van der Waals surface area (Å²) < 4.78 is 39.5. The summed E-state index contributed by atoms with van der Waals surface area (Å²) in [6.07, 6.45) is -0.243. The standard InChI is InChI=1S/C16H15ClF3NO2/c17-12-4-2-11(3-5-12)14(16(18,19)20)8-15(23)21-13-6-1-10(7-13)9-22/h1-6,8,10,13,22H,7,9H2,(H,21,23)/b14-8-/t10-,13+/m0/s1. The zero-order chi connectivity index (χ0) is 17.0. The number of carbonyl (C=O) groups is 1. The first-order valence-electron chi connectivity index (χ1n) is 6.94. The Bertz CT molecular complexity index is 623. The molecular formula is C16H15ClF3NO2. The highest BCUT2D eigenvalue weighted by molar-refractivity contribution is 6.30. The van der Waals surface area contributed by atoms with Gasteiger partial charge in [-0.2, -0.15) is 13.2 Å². The normalized spacial score (nSPS) is 21.5. The predicted molar refractivity (Wildman–Crippen MR) is 81.7 cm³/mol. The van der Waals surface area contributed by atoms with Crippen molar-refractivity contribution in [2.24, 2.45) is 5.92 Å². The molecule has 1 aromatic carbocycles. The number of halogens is 4. The van der Waals surface area contributed by atoms with Gasteiger partial charge in [0.15, 0.2) is 0 Å². The van der Waals surface area contributed by atoms with Crippen LogP contribution in [0.3, 0.4) is 0 Å². The molecule has 0 saturated carbocycles. The average molecular weight is 346 g/mol. The van der Waals surface area contributed by atoms with E-state index in [1.54, 1.807) is 12.2 Å². The van der Waals surface area contributed by atoms with E-state index in [2.05, 4.69) is 5.32 Å². The molecule has 124 valence electrons. The smallest absolute Gasteiger partial charge is 0.396 e. The highest BCUT2D eigenvalue weighted by atomic mass is 35.5. The molecule has 0 bridgehead atoms. The van der Waals surface area contributed by atoms with Gasteiger partial charge in [-0.15, -0.1) is 0 Å². The van der Waals surface area contributed by atoms with Crippen molar-refractivity contribution in [2.75, 3.05) is 6.61 Å². The minimum absolute atomic E-state index is 0.0582. The first kappa shape index (κ1) is 17.6. The second-order valence-corrected chi connectivity index (χ2v) is 5.68. The number of alkyl halides is 3. The molecule has 0 fully saturated rings. The third kappa shape index (κ3) is 4.84. The summed E-state index contributed by atoms with van der Waals surface area (Å²) in [5, 5.41) is 11.8. The molecule has 0 aromatic heterocycles. The van der Waals surface area contributed by atoms with Crippen LogP contribution in [-0.2, 0) is 4.79 Å². The van der Waals surface area contributed by atoms with Gasteiger partial charge in [-0.25, -0.2) is 0 Å². The molecule has 1 aliphatic carbocycles. The number of allylic oxidation sites excluding steroid dienone is 1. The minimum Gasteiger partial charge on any atom is -0.396 e. The Balaban J connectivity index is 2.16. The minimum atomic E-state index is -4.66. The molecule has 1 amide bonds. The third-order valence-corrected chi connectivity index (χ3v) is 3.72. The summed E-state index contributed by atoms with van der Waals surface area (Å²) in [7, 11) is 0. The van der Waals surface area contributed by atoms with Crippen molar-refractivity contribution in [3.8, 4) is 0 Å². The van der Waals surface area contributed by atoms with E-state index in [4.69, 9.17) is 16.7 Å². The van der Waals surface area contributed by atoms with E-state index in [1.807, 2.05) is 0 Å². The second kappa shape index (κ2) is 7.19. The van der Waals surface area contributed by atoms with Crippen LogP contribution in [0.5, 0.6) is 0 Å². The summed E-state index contributed by atoms with van der Waals surface area (Å²) >= 11 is 5.67. The molecule has 0 unspecified atom stereocenters. The summed E-state index contributed by atoms with van der Waals surface area (Å²) in [6, 6.07) is 4.72. The number of amides is 1. The number of hydrogen-bond donors (Lipinski definition) is 2. The number of aliphatic hydroxyl groups is 1. The van der Waals surface area contributed by atoms with Crippen molar-refractivity contribution in [3.63, 3.8) is 0 Å². The van der Waals surface area contributed by atoms with Crippen LogP contribution in [-0.4, -0.2) is 29.8 Å². The van der Waals surface area contributed by atoms with Crippen LogP contribution >= 0.6 is 11.6 Å². The highest BCUT2D eigenvalue weighted by Crippen LogP contribution is 2.34. The van der Waals surface area contributed by atoms with Crippen LogP contribution in [0.25, 0.3) is 5.57 Å². The van der Waals surface area contributed by atoms with E-state index in [1.165, 1.54) is 24.3 Å². The SMILES string of the molecule is O=C(/C=C(/c1ccc(Cl)cc1)C(F)(F)F)N[C@@H]1C=C[C@H](CO)C1. The molecule has 0 radical (unpaired) electrons. The molecule has 0 aliphatic heterocycles. The Labute approximate surface area is 136 Å². The first-order chi connectivity index (χ1) is 10.8. The number of benzene rings is 1. The van der Waals surface area contributed by atoms with E-state index in [0.29, 0.717) is 17.5 Å². The van der Waals surface area contributed by atoms with Gasteiger partial charge in [0, 0.05) is 29.7 Å². The summed E-state index contributed by atoms with van der Waals surface area (Å²) in [4.78, 5) is 11.9. The Morgan fingerprint density at radius 1 is 1.30 bits per heavy atom. The Morgan fingerprint density at radius 3 is 2.48 bits per heavy atom. The topological polar surface area (TPSA) is 49.3 Å². The van der Waals surface area contributed by atoms with Crippen molar-refractivity contribution in [1.82, 2.24) is 5.32 Å². The Kier molecular flexibility index (Phi) is 5.49. The molecule has 0 spiro atoms. The van der Waals surface area contributed by atoms with Crippen molar-refractivity contribution >= 4 is 23.1 Å². The van der Waals surface area contributed by atoms with E-state index < -0.39 is 17.7 Å². The van der Waals surface area contributed by atoms with Crippen molar-refractivity contribution in [2.45, 2.75) is 18.6 Å².